The van der Waals surface area contributed by atoms with E-state index in [1.165, 1.54) is 44.5 Å². The number of hydrogen-bond acceptors (Lipinski definition) is 4. The van der Waals surface area contributed by atoms with Crippen LogP contribution in [0.4, 0.5) is 68.2 Å². The Kier molecular flexibility index (Phi) is 12.5. The fourth-order valence-electron chi connectivity index (χ4n) is 12.8. The molecule has 12 aromatic rings. The zero-order valence-corrected chi connectivity index (χ0v) is 46.7. The van der Waals surface area contributed by atoms with Gasteiger partial charge in [-0.1, -0.05) is 185 Å². The Hall–Kier alpha value is -10.2. The van der Waals surface area contributed by atoms with Gasteiger partial charge in [-0.05, 0) is 201 Å². The van der Waals surface area contributed by atoms with Gasteiger partial charge in [0.25, 0.3) is 0 Å². The molecule has 14 rings (SSSR count). The average molecular weight is 1060 g/mol. The van der Waals surface area contributed by atoms with Crippen molar-refractivity contribution in [3.05, 3.63) is 326 Å². The Morgan fingerprint density at radius 2 is 0.354 bits per heavy atom. The van der Waals surface area contributed by atoms with Gasteiger partial charge in [-0.15, -0.1) is 0 Å². The Morgan fingerprint density at radius 3 is 0.549 bits per heavy atom. The van der Waals surface area contributed by atoms with Crippen LogP contribution in [0.25, 0.3) is 33.4 Å². The smallest absolute Gasteiger partial charge is 0.0465 e. The molecule has 82 heavy (non-hydrogen) atoms. The first-order valence-electron chi connectivity index (χ1n) is 28.5. The van der Waals surface area contributed by atoms with Gasteiger partial charge in [-0.2, -0.15) is 0 Å². The summed E-state index contributed by atoms with van der Waals surface area (Å²) in [6, 6.07) is 110. The molecule has 0 saturated carbocycles. The normalized spacial score (nSPS) is 13.1. The lowest BCUT2D eigenvalue weighted by atomic mass is 9.82. The zero-order valence-electron chi connectivity index (χ0n) is 46.7. The quantitative estimate of drug-likeness (QED) is 0.114. The van der Waals surface area contributed by atoms with Crippen LogP contribution in [0.2, 0.25) is 0 Å². The van der Waals surface area contributed by atoms with Crippen molar-refractivity contribution in [2.45, 2.75) is 38.5 Å². The molecule has 394 valence electrons. The summed E-state index contributed by atoms with van der Waals surface area (Å²) < 4.78 is 0. The Labute approximate surface area is 482 Å². The summed E-state index contributed by atoms with van der Waals surface area (Å²) in [5, 5.41) is 0. The molecule has 0 aliphatic heterocycles. The molecule has 0 heterocycles. The highest BCUT2D eigenvalue weighted by Crippen LogP contribution is 2.55. The van der Waals surface area contributed by atoms with E-state index in [1.54, 1.807) is 0 Å². The number of anilines is 12. The van der Waals surface area contributed by atoms with Gasteiger partial charge >= 0.3 is 0 Å². The highest BCUT2D eigenvalue weighted by Gasteiger charge is 2.38. The molecule has 0 spiro atoms. The van der Waals surface area contributed by atoms with Crippen molar-refractivity contribution in [2.75, 3.05) is 19.6 Å². The third-order valence-electron chi connectivity index (χ3n) is 17.0. The van der Waals surface area contributed by atoms with Crippen molar-refractivity contribution in [3.63, 3.8) is 0 Å². The molecule has 2 aliphatic rings. The summed E-state index contributed by atoms with van der Waals surface area (Å²) in [5.74, 6) is 0. The standard InChI is InChI=1S/C78H62N4/c1-77(2)73-51-65(79(57-23-11-5-12-24-57)58-25-13-6-14-26-58)43-47-69(73)71-49-45-67(53-75(71)77)81(61-31-19-9-20-32-61)63-39-35-55(36-40-63)56-37-41-64(42-38-56)82(62-33-21-10-22-34-62)68-46-50-72-70-48-44-66(52-74(70)78(3,4)76(72)54-68)80(59-27-15-7-16-28-59)60-29-17-8-18-30-60/h5-54H,1-4H3. The maximum Gasteiger partial charge on any atom is 0.0465 e. The third-order valence-corrected chi connectivity index (χ3v) is 17.0. The van der Waals surface area contributed by atoms with E-state index >= 15 is 0 Å². The molecule has 0 N–H and O–H groups in total. The lowest BCUT2D eigenvalue weighted by Gasteiger charge is -2.29. The Balaban J connectivity index is 0.758. The molecule has 0 amide bonds. The monoisotopic (exact) mass is 1050 g/mol. The molecule has 0 atom stereocenters. The first kappa shape index (κ1) is 50.1. The van der Waals surface area contributed by atoms with Crippen molar-refractivity contribution >= 4 is 68.2 Å². The van der Waals surface area contributed by atoms with Crippen molar-refractivity contribution in [3.8, 4) is 33.4 Å². The lowest BCUT2D eigenvalue weighted by Crippen LogP contribution is -2.17. The van der Waals surface area contributed by atoms with Gasteiger partial charge < -0.3 is 19.6 Å². The summed E-state index contributed by atoms with van der Waals surface area (Å²) in [4.78, 5) is 9.49. The number of benzene rings is 12. The molecule has 0 bridgehead atoms. The second-order valence-electron chi connectivity index (χ2n) is 22.6. The van der Waals surface area contributed by atoms with E-state index in [0.29, 0.717) is 0 Å². The highest BCUT2D eigenvalue weighted by atomic mass is 15.2. The molecule has 0 unspecified atom stereocenters. The van der Waals surface area contributed by atoms with E-state index in [-0.39, 0.29) is 10.8 Å². The van der Waals surface area contributed by atoms with E-state index in [9.17, 15) is 0 Å². The zero-order chi connectivity index (χ0) is 55.4. The van der Waals surface area contributed by atoms with Crippen LogP contribution < -0.4 is 19.6 Å². The van der Waals surface area contributed by atoms with Crippen LogP contribution >= 0.6 is 0 Å². The average Bonchev–Trinajstić information content (AvgIpc) is 2.41. The second kappa shape index (κ2) is 20.5. The minimum atomic E-state index is -0.244. The molecular weight excluding hydrogens is 993 g/mol. The molecule has 0 saturated heterocycles. The predicted octanol–water partition coefficient (Wildman–Crippen LogP) is 21.8. The minimum Gasteiger partial charge on any atom is -0.310 e. The fourth-order valence-corrected chi connectivity index (χ4v) is 12.8. The van der Waals surface area contributed by atoms with Crippen molar-refractivity contribution in [1.82, 2.24) is 0 Å². The molecule has 12 aromatic carbocycles. The molecule has 0 fully saturated rings. The van der Waals surface area contributed by atoms with Crippen molar-refractivity contribution in [2.24, 2.45) is 0 Å². The van der Waals surface area contributed by atoms with Gasteiger partial charge in [0.2, 0.25) is 0 Å². The SMILES string of the molecule is CC1(C)c2cc(N(c3ccccc3)c3ccccc3)ccc2-c2ccc(N(c3ccccc3)c3ccc(-c4ccc(N(c5ccccc5)c5ccc6c(c5)C(C)(C)c5cc(N(c7ccccc7)c7ccccc7)ccc5-6)cc4)cc3)cc21. The molecule has 0 radical (unpaired) electrons. The third kappa shape index (κ3) is 8.81. The second-order valence-corrected chi connectivity index (χ2v) is 22.6. The molecule has 2 aliphatic carbocycles. The molecule has 4 heteroatoms. The van der Waals surface area contributed by atoms with E-state index in [4.69, 9.17) is 0 Å². The molecule has 0 aromatic heterocycles. The Bertz CT molecular complexity index is 3880. The summed E-state index contributed by atoms with van der Waals surface area (Å²) in [5.41, 5.74) is 25.8. The largest absolute Gasteiger partial charge is 0.310 e. The van der Waals surface area contributed by atoms with Crippen LogP contribution in [-0.2, 0) is 10.8 Å². The molecule has 4 nitrogen and oxygen atoms in total. The van der Waals surface area contributed by atoms with E-state index < -0.39 is 0 Å². The summed E-state index contributed by atoms with van der Waals surface area (Å²) in [6.07, 6.45) is 0. The van der Waals surface area contributed by atoms with Gasteiger partial charge in [0.05, 0.1) is 0 Å². The number of para-hydroxylation sites is 6. The van der Waals surface area contributed by atoms with Gasteiger partial charge in [0, 0.05) is 79.1 Å². The van der Waals surface area contributed by atoms with Crippen LogP contribution in [-0.4, -0.2) is 0 Å². The summed E-state index contributed by atoms with van der Waals surface area (Å²) in [6.45, 7) is 9.50. The molecular formula is C78H62N4. The maximum atomic E-state index is 2.42. The van der Waals surface area contributed by atoms with Crippen LogP contribution in [0.5, 0.6) is 0 Å². The van der Waals surface area contributed by atoms with Gasteiger partial charge in [0.1, 0.15) is 0 Å². The first-order chi connectivity index (χ1) is 40.2. The van der Waals surface area contributed by atoms with Crippen LogP contribution in [0.1, 0.15) is 49.9 Å². The number of fused-ring (bicyclic) bond motifs is 6. The maximum absolute atomic E-state index is 2.42. The fraction of sp³-hybridized carbons (Fsp3) is 0.0769. The summed E-state index contributed by atoms with van der Waals surface area (Å²) >= 11 is 0. The van der Waals surface area contributed by atoms with Crippen molar-refractivity contribution in [1.29, 1.82) is 0 Å². The van der Waals surface area contributed by atoms with E-state index in [0.717, 1.165) is 79.4 Å². The van der Waals surface area contributed by atoms with Gasteiger partial charge in [0.15, 0.2) is 0 Å². The van der Waals surface area contributed by atoms with E-state index in [2.05, 4.69) is 351 Å². The van der Waals surface area contributed by atoms with Crippen LogP contribution in [0, 0.1) is 0 Å². The number of hydrogen-bond donors (Lipinski definition) is 0. The predicted molar refractivity (Wildman–Crippen MR) is 346 cm³/mol. The van der Waals surface area contributed by atoms with Gasteiger partial charge in [-0.25, -0.2) is 0 Å². The summed E-state index contributed by atoms with van der Waals surface area (Å²) in [7, 11) is 0. The van der Waals surface area contributed by atoms with Crippen LogP contribution in [0.3, 0.4) is 0 Å². The number of nitrogens with zero attached hydrogens (tertiary/aromatic N) is 4. The number of rotatable bonds is 13. The van der Waals surface area contributed by atoms with Gasteiger partial charge in [-0.3, -0.25) is 0 Å². The minimum absolute atomic E-state index is 0.244. The van der Waals surface area contributed by atoms with Crippen molar-refractivity contribution < 1.29 is 0 Å². The lowest BCUT2D eigenvalue weighted by molar-refractivity contribution is 0.660. The first-order valence-corrected chi connectivity index (χ1v) is 28.5. The topological polar surface area (TPSA) is 13.0 Å². The highest BCUT2D eigenvalue weighted by molar-refractivity contribution is 5.91. The van der Waals surface area contributed by atoms with E-state index in [1.807, 2.05) is 0 Å². The Morgan fingerprint density at radius 1 is 0.183 bits per heavy atom. The van der Waals surface area contributed by atoms with Crippen LogP contribution in [0.15, 0.2) is 303 Å².